The van der Waals surface area contributed by atoms with E-state index in [1.807, 2.05) is 0 Å². The van der Waals surface area contributed by atoms with Crippen molar-refractivity contribution in [2.45, 2.75) is 12.5 Å². The van der Waals surface area contributed by atoms with E-state index in [4.69, 9.17) is 34.8 Å². The van der Waals surface area contributed by atoms with Gasteiger partial charge in [-0.25, -0.2) is 8.42 Å². The van der Waals surface area contributed by atoms with Crippen LogP contribution in [0.4, 0.5) is 5.69 Å². The first kappa shape index (κ1) is 13.3. The van der Waals surface area contributed by atoms with Crippen molar-refractivity contribution >= 4 is 50.3 Å². The van der Waals surface area contributed by atoms with Crippen molar-refractivity contribution in [2.24, 2.45) is 0 Å². The van der Waals surface area contributed by atoms with E-state index in [2.05, 4.69) is 5.32 Å². The third-order valence-electron chi connectivity index (χ3n) is 2.60. The molecule has 1 fully saturated rings. The van der Waals surface area contributed by atoms with Gasteiger partial charge in [0.2, 0.25) is 0 Å². The normalized spacial score (nSPS) is 22.6. The second-order valence-corrected chi connectivity index (χ2v) is 7.44. The SMILES string of the molecule is O=S1(=O)CCC(Nc2cc(Cl)c(Cl)cc2Cl)C1. The summed E-state index contributed by atoms with van der Waals surface area (Å²) in [4.78, 5) is 0. The van der Waals surface area contributed by atoms with Crippen LogP contribution in [0, 0.1) is 0 Å². The van der Waals surface area contributed by atoms with E-state index in [9.17, 15) is 8.42 Å². The molecule has 7 heteroatoms. The lowest BCUT2D eigenvalue weighted by molar-refractivity contribution is 0.602. The molecule has 94 valence electrons. The van der Waals surface area contributed by atoms with Gasteiger partial charge in [0, 0.05) is 6.04 Å². The molecule has 1 heterocycles. The van der Waals surface area contributed by atoms with Crippen molar-refractivity contribution in [3.05, 3.63) is 27.2 Å². The lowest BCUT2D eigenvalue weighted by Crippen LogP contribution is -2.20. The second kappa shape index (κ2) is 4.84. The molecule has 0 radical (unpaired) electrons. The number of halogens is 3. The molecule has 1 aromatic carbocycles. The molecule has 0 spiro atoms. The van der Waals surface area contributed by atoms with Gasteiger partial charge < -0.3 is 5.32 Å². The van der Waals surface area contributed by atoms with E-state index in [-0.39, 0.29) is 17.5 Å². The average molecular weight is 315 g/mol. The third-order valence-corrected chi connectivity index (χ3v) is 5.40. The Morgan fingerprint density at radius 2 is 1.76 bits per heavy atom. The number of anilines is 1. The van der Waals surface area contributed by atoms with Crippen LogP contribution in [0.1, 0.15) is 6.42 Å². The molecule has 0 bridgehead atoms. The minimum absolute atomic E-state index is 0.116. The van der Waals surface area contributed by atoms with E-state index in [0.717, 1.165) is 0 Å². The van der Waals surface area contributed by atoms with E-state index in [1.54, 1.807) is 6.07 Å². The average Bonchev–Trinajstić information content (AvgIpc) is 2.54. The Morgan fingerprint density at radius 1 is 1.12 bits per heavy atom. The summed E-state index contributed by atoms with van der Waals surface area (Å²) in [6.45, 7) is 0. The lowest BCUT2D eigenvalue weighted by atomic mass is 10.2. The highest BCUT2D eigenvalue weighted by atomic mass is 35.5. The first-order valence-electron chi connectivity index (χ1n) is 4.99. The number of benzene rings is 1. The van der Waals surface area contributed by atoms with Gasteiger partial charge >= 0.3 is 0 Å². The van der Waals surface area contributed by atoms with Crippen molar-refractivity contribution < 1.29 is 8.42 Å². The minimum Gasteiger partial charge on any atom is -0.380 e. The summed E-state index contributed by atoms with van der Waals surface area (Å²) >= 11 is 17.7. The van der Waals surface area contributed by atoms with Gasteiger partial charge in [-0.15, -0.1) is 0 Å². The minimum atomic E-state index is -2.91. The molecule has 0 aliphatic carbocycles. The topological polar surface area (TPSA) is 46.2 Å². The van der Waals surface area contributed by atoms with Crippen molar-refractivity contribution in [1.29, 1.82) is 0 Å². The van der Waals surface area contributed by atoms with Crippen molar-refractivity contribution in [1.82, 2.24) is 0 Å². The molecule has 3 nitrogen and oxygen atoms in total. The van der Waals surface area contributed by atoms with Crippen molar-refractivity contribution in [2.75, 3.05) is 16.8 Å². The molecule has 1 unspecified atom stereocenters. The Kier molecular flexibility index (Phi) is 3.78. The Labute approximate surface area is 115 Å². The first-order chi connectivity index (χ1) is 7.87. The first-order valence-corrected chi connectivity index (χ1v) is 7.94. The molecular formula is C10H10Cl3NO2S. The monoisotopic (exact) mass is 313 g/mol. The smallest absolute Gasteiger partial charge is 0.152 e. The van der Waals surface area contributed by atoms with E-state index < -0.39 is 9.84 Å². The molecule has 0 amide bonds. The maximum absolute atomic E-state index is 11.3. The Bertz CT molecular complexity index is 545. The summed E-state index contributed by atoms with van der Waals surface area (Å²) in [5.41, 5.74) is 0.614. The Balaban J connectivity index is 2.17. The van der Waals surface area contributed by atoms with E-state index in [0.29, 0.717) is 27.2 Å². The molecule has 1 N–H and O–H groups in total. The zero-order valence-corrected chi connectivity index (χ0v) is 11.8. The fraction of sp³-hybridized carbons (Fsp3) is 0.400. The molecule has 0 saturated carbocycles. The number of sulfone groups is 1. The molecule has 1 aliphatic rings. The summed E-state index contributed by atoms with van der Waals surface area (Å²) in [7, 11) is -2.91. The van der Waals surface area contributed by atoms with Crippen LogP contribution in [0.3, 0.4) is 0 Å². The number of nitrogens with one attached hydrogen (secondary N) is 1. The van der Waals surface area contributed by atoms with Gasteiger partial charge in [0.05, 0.1) is 32.3 Å². The standard InChI is InChI=1S/C10H10Cl3NO2S/c11-7-3-9(13)10(4-8(7)12)14-6-1-2-17(15,16)5-6/h3-4,6,14H,1-2,5H2. The quantitative estimate of drug-likeness (QED) is 0.852. The van der Waals surface area contributed by atoms with Crippen LogP contribution in [0.25, 0.3) is 0 Å². The van der Waals surface area contributed by atoms with Gasteiger partial charge in [-0.05, 0) is 18.6 Å². The highest BCUT2D eigenvalue weighted by Gasteiger charge is 2.28. The number of hydrogen-bond acceptors (Lipinski definition) is 3. The lowest BCUT2D eigenvalue weighted by Gasteiger charge is -2.14. The predicted octanol–water partition coefficient (Wildman–Crippen LogP) is 3.25. The van der Waals surface area contributed by atoms with E-state index >= 15 is 0 Å². The van der Waals surface area contributed by atoms with Crippen molar-refractivity contribution in [3.63, 3.8) is 0 Å². The maximum atomic E-state index is 11.3. The molecule has 2 rings (SSSR count). The summed E-state index contributed by atoms with van der Waals surface area (Å²) in [6, 6.07) is 3.03. The van der Waals surface area contributed by atoms with Crippen LogP contribution in [0.5, 0.6) is 0 Å². The third kappa shape index (κ3) is 3.19. The second-order valence-electron chi connectivity index (χ2n) is 3.99. The van der Waals surface area contributed by atoms with Gasteiger partial charge in [0.15, 0.2) is 9.84 Å². The van der Waals surface area contributed by atoms with Crippen LogP contribution in [-0.2, 0) is 9.84 Å². The van der Waals surface area contributed by atoms with Gasteiger partial charge in [-0.2, -0.15) is 0 Å². The molecule has 1 saturated heterocycles. The summed E-state index contributed by atoms with van der Waals surface area (Å²) in [5, 5.41) is 4.28. The molecule has 1 atom stereocenters. The molecule has 0 aromatic heterocycles. The summed E-state index contributed by atoms with van der Waals surface area (Å²) in [5.74, 6) is 0.340. The number of hydrogen-bond donors (Lipinski definition) is 1. The van der Waals surface area contributed by atoms with Crippen LogP contribution >= 0.6 is 34.8 Å². The highest BCUT2D eigenvalue weighted by molar-refractivity contribution is 7.91. The zero-order valence-electron chi connectivity index (χ0n) is 8.71. The van der Waals surface area contributed by atoms with Crippen LogP contribution in [0.2, 0.25) is 15.1 Å². The van der Waals surface area contributed by atoms with Crippen LogP contribution in [-0.4, -0.2) is 26.0 Å². The summed E-state index contributed by atoms with van der Waals surface area (Å²) in [6.07, 6.45) is 0.582. The number of rotatable bonds is 2. The Morgan fingerprint density at radius 3 is 2.35 bits per heavy atom. The van der Waals surface area contributed by atoms with Gasteiger partial charge in [-0.1, -0.05) is 34.8 Å². The predicted molar refractivity (Wildman–Crippen MR) is 72.2 cm³/mol. The molecule has 17 heavy (non-hydrogen) atoms. The Hall–Kier alpha value is -0.160. The summed E-state index contributed by atoms with van der Waals surface area (Å²) < 4.78 is 22.6. The van der Waals surface area contributed by atoms with Crippen molar-refractivity contribution in [3.8, 4) is 0 Å². The fourth-order valence-electron chi connectivity index (χ4n) is 1.76. The molecule has 1 aliphatic heterocycles. The highest BCUT2D eigenvalue weighted by Crippen LogP contribution is 2.33. The van der Waals surface area contributed by atoms with Crippen LogP contribution < -0.4 is 5.32 Å². The zero-order chi connectivity index (χ0) is 12.6. The van der Waals surface area contributed by atoms with Crippen LogP contribution in [0.15, 0.2) is 12.1 Å². The van der Waals surface area contributed by atoms with Gasteiger partial charge in [0.25, 0.3) is 0 Å². The van der Waals surface area contributed by atoms with Gasteiger partial charge in [0.1, 0.15) is 0 Å². The molecular weight excluding hydrogens is 305 g/mol. The van der Waals surface area contributed by atoms with E-state index in [1.165, 1.54) is 6.07 Å². The largest absolute Gasteiger partial charge is 0.380 e. The van der Waals surface area contributed by atoms with Gasteiger partial charge in [-0.3, -0.25) is 0 Å². The fourth-order valence-corrected chi connectivity index (χ4v) is 4.04. The molecule has 1 aromatic rings. The maximum Gasteiger partial charge on any atom is 0.152 e.